The Labute approximate surface area is 97.5 Å². The average molecular weight is 233 g/mol. The van der Waals surface area contributed by atoms with Crippen LogP contribution in [0, 0.1) is 25.2 Å². The van der Waals surface area contributed by atoms with E-state index in [1.807, 2.05) is 13.0 Å². The van der Waals surface area contributed by atoms with Crippen molar-refractivity contribution in [2.75, 3.05) is 6.61 Å². The van der Waals surface area contributed by atoms with Gasteiger partial charge in [0.1, 0.15) is 17.8 Å². The van der Waals surface area contributed by atoms with E-state index < -0.39 is 0 Å². The van der Waals surface area contributed by atoms with E-state index in [1.165, 1.54) is 11.2 Å². The van der Waals surface area contributed by atoms with E-state index in [0.717, 1.165) is 15.8 Å². The van der Waals surface area contributed by atoms with Crippen LogP contribution in [0.15, 0.2) is 6.33 Å². The molecule has 4 nitrogen and oxygen atoms in total. The van der Waals surface area contributed by atoms with Gasteiger partial charge in [0, 0.05) is 4.88 Å². The molecule has 16 heavy (non-hydrogen) atoms. The van der Waals surface area contributed by atoms with Crippen LogP contribution in [0.4, 0.5) is 0 Å². The summed E-state index contributed by atoms with van der Waals surface area (Å²) in [7, 11) is 0. The summed E-state index contributed by atoms with van der Waals surface area (Å²) in [6, 6.07) is 2.04. The second-order valence-electron chi connectivity index (χ2n) is 3.40. The summed E-state index contributed by atoms with van der Waals surface area (Å²) in [5.41, 5.74) is 1.16. The summed E-state index contributed by atoms with van der Waals surface area (Å²) >= 11 is 1.64. The molecule has 0 fully saturated rings. The summed E-state index contributed by atoms with van der Waals surface area (Å²) in [5.74, 6) is 0.585. The third-order valence-corrected chi connectivity index (χ3v) is 3.50. The molecule has 0 saturated carbocycles. The molecule has 0 atom stereocenters. The molecule has 0 bridgehead atoms. The fourth-order valence-electron chi connectivity index (χ4n) is 1.45. The molecule has 82 valence electrons. The Morgan fingerprint density at radius 2 is 2.25 bits per heavy atom. The van der Waals surface area contributed by atoms with E-state index in [1.54, 1.807) is 11.3 Å². The highest BCUT2D eigenvalue weighted by atomic mass is 32.1. The van der Waals surface area contributed by atoms with Crippen molar-refractivity contribution in [3.8, 4) is 11.9 Å². The van der Waals surface area contributed by atoms with Crippen LogP contribution in [-0.4, -0.2) is 16.6 Å². The standard InChI is InChI=1S/C11H11N3OS/c1-7-8(2)16-11-9(7)10(13-6-14-11)15-5-3-4-12/h6H,3,5H2,1-2H3. The number of ether oxygens (including phenoxy) is 1. The predicted octanol–water partition coefficient (Wildman–Crippen LogP) is 2.60. The van der Waals surface area contributed by atoms with Gasteiger partial charge in [0.25, 0.3) is 0 Å². The Balaban J connectivity index is 2.41. The molecular weight excluding hydrogens is 222 g/mol. The van der Waals surface area contributed by atoms with Gasteiger partial charge in [-0.25, -0.2) is 9.97 Å². The smallest absolute Gasteiger partial charge is 0.225 e. The molecule has 2 aromatic rings. The fraction of sp³-hybridized carbons (Fsp3) is 0.364. The van der Waals surface area contributed by atoms with Crippen LogP contribution >= 0.6 is 11.3 Å². The van der Waals surface area contributed by atoms with Gasteiger partial charge < -0.3 is 4.74 Å². The molecule has 0 unspecified atom stereocenters. The van der Waals surface area contributed by atoms with Crippen LogP contribution in [0.5, 0.6) is 5.88 Å². The zero-order valence-corrected chi connectivity index (χ0v) is 9.97. The summed E-state index contributed by atoms with van der Waals surface area (Å²) in [5, 5.41) is 9.43. The maximum absolute atomic E-state index is 8.46. The number of hydrogen-bond donors (Lipinski definition) is 0. The van der Waals surface area contributed by atoms with Crippen molar-refractivity contribution < 1.29 is 4.74 Å². The fourth-order valence-corrected chi connectivity index (χ4v) is 2.44. The first kappa shape index (κ1) is 10.8. The molecule has 2 aromatic heterocycles. The van der Waals surface area contributed by atoms with Crippen molar-refractivity contribution in [3.05, 3.63) is 16.8 Å². The number of thiophene rings is 1. The van der Waals surface area contributed by atoms with E-state index in [9.17, 15) is 0 Å². The van der Waals surface area contributed by atoms with Crippen molar-refractivity contribution >= 4 is 21.6 Å². The molecule has 0 aliphatic heterocycles. The monoisotopic (exact) mass is 233 g/mol. The lowest BCUT2D eigenvalue weighted by Gasteiger charge is -2.03. The Kier molecular flexibility index (Phi) is 3.02. The SMILES string of the molecule is Cc1sc2ncnc(OCCC#N)c2c1C. The maximum Gasteiger partial charge on any atom is 0.225 e. The van der Waals surface area contributed by atoms with Gasteiger partial charge in [-0.05, 0) is 19.4 Å². The molecule has 0 amide bonds. The molecular formula is C11H11N3OS. The van der Waals surface area contributed by atoms with Crippen LogP contribution in [-0.2, 0) is 0 Å². The van der Waals surface area contributed by atoms with Crippen molar-refractivity contribution in [2.45, 2.75) is 20.3 Å². The van der Waals surface area contributed by atoms with E-state index in [0.29, 0.717) is 18.9 Å². The van der Waals surface area contributed by atoms with Crippen molar-refractivity contribution in [2.24, 2.45) is 0 Å². The summed E-state index contributed by atoms with van der Waals surface area (Å²) < 4.78 is 5.49. The van der Waals surface area contributed by atoms with Crippen LogP contribution in [0.1, 0.15) is 16.9 Å². The zero-order valence-electron chi connectivity index (χ0n) is 9.15. The molecule has 0 aliphatic carbocycles. The lowest BCUT2D eigenvalue weighted by molar-refractivity contribution is 0.317. The minimum absolute atomic E-state index is 0.369. The molecule has 0 radical (unpaired) electrons. The molecule has 0 aliphatic rings. The Morgan fingerprint density at radius 1 is 1.44 bits per heavy atom. The van der Waals surface area contributed by atoms with Gasteiger partial charge in [-0.3, -0.25) is 0 Å². The highest BCUT2D eigenvalue weighted by Gasteiger charge is 2.12. The lowest BCUT2D eigenvalue weighted by Crippen LogP contribution is -1.99. The third-order valence-electron chi connectivity index (χ3n) is 2.38. The van der Waals surface area contributed by atoms with Gasteiger partial charge >= 0.3 is 0 Å². The van der Waals surface area contributed by atoms with Crippen molar-refractivity contribution in [1.29, 1.82) is 5.26 Å². The number of nitriles is 1. The highest BCUT2D eigenvalue weighted by molar-refractivity contribution is 7.18. The molecule has 0 aromatic carbocycles. The molecule has 0 N–H and O–H groups in total. The van der Waals surface area contributed by atoms with Crippen LogP contribution < -0.4 is 4.74 Å². The lowest BCUT2D eigenvalue weighted by atomic mass is 10.2. The second-order valence-corrected chi connectivity index (χ2v) is 4.60. The van der Waals surface area contributed by atoms with Crippen LogP contribution in [0.25, 0.3) is 10.2 Å². The van der Waals surface area contributed by atoms with Crippen molar-refractivity contribution in [1.82, 2.24) is 9.97 Å². The van der Waals surface area contributed by atoms with Crippen LogP contribution in [0.3, 0.4) is 0 Å². The maximum atomic E-state index is 8.46. The summed E-state index contributed by atoms with van der Waals surface area (Å²) in [6.45, 7) is 4.46. The first-order valence-corrected chi connectivity index (χ1v) is 5.76. The van der Waals surface area contributed by atoms with Crippen LogP contribution in [0.2, 0.25) is 0 Å². The number of rotatable bonds is 3. The minimum Gasteiger partial charge on any atom is -0.476 e. The summed E-state index contributed by atoms with van der Waals surface area (Å²) in [4.78, 5) is 10.5. The van der Waals surface area contributed by atoms with E-state index >= 15 is 0 Å². The predicted molar refractivity (Wildman–Crippen MR) is 62.6 cm³/mol. The number of hydrogen-bond acceptors (Lipinski definition) is 5. The van der Waals surface area contributed by atoms with Gasteiger partial charge in [0.05, 0.1) is 17.9 Å². The largest absolute Gasteiger partial charge is 0.476 e. The Morgan fingerprint density at radius 3 is 3.00 bits per heavy atom. The Hall–Kier alpha value is -1.67. The minimum atomic E-state index is 0.369. The first-order valence-electron chi connectivity index (χ1n) is 4.94. The molecule has 5 heteroatoms. The van der Waals surface area contributed by atoms with E-state index in [4.69, 9.17) is 10.00 Å². The van der Waals surface area contributed by atoms with E-state index in [2.05, 4.69) is 16.9 Å². The summed E-state index contributed by atoms with van der Waals surface area (Å²) in [6.07, 6.45) is 1.87. The average Bonchev–Trinajstić information content (AvgIpc) is 2.56. The van der Waals surface area contributed by atoms with E-state index in [-0.39, 0.29) is 0 Å². The number of fused-ring (bicyclic) bond motifs is 1. The van der Waals surface area contributed by atoms with Gasteiger partial charge in [-0.15, -0.1) is 11.3 Å². The highest BCUT2D eigenvalue weighted by Crippen LogP contribution is 2.33. The number of nitrogens with zero attached hydrogens (tertiary/aromatic N) is 3. The topological polar surface area (TPSA) is 58.8 Å². The molecule has 2 heterocycles. The quantitative estimate of drug-likeness (QED) is 0.764. The van der Waals surface area contributed by atoms with Gasteiger partial charge in [0.2, 0.25) is 5.88 Å². The Bertz CT molecular complexity index is 556. The zero-order chi connectivity index (χ0) is 11.5. The molecule has 0 spiro atoms. The van der Waals surface area contributed by atoms with Gasteiger partial charge in [-0.1, -0.05) is 0 Å². The van der Waals surface area contributed by atoms with Crippen molar-refractivity contribution in [3.63, 3.8) is 0 Å². The number of aromatic nitrogens is 2. The normalized spacial score (nSPS) is 10.3. The molecule has 2 rings (SSSR count). The first-order chi connectivity index (χ1) is 7.74. The second kappa shape index (κ2) is 4.45. The van der Waals surface area contributed by atoms with Gasteiger partial charge in [-0.2, -0.15) is 5.26 Å². The third kappa shape index (κ3) is 1.84. The number of aryl methyl sites for hydroxylation is 2. The van der Waals surface area contributed by atoms with Gasteiger partial charge in [0.15, 0.2) is 0 Å². The molecule has 0 saturated heterocycles.